The lowest BCUT2D eigenvalue weighted by Crippen LogP contribution is -2.40. The lowest BCUT2D eigenvalue weighted by molar-refractivity contribution is 0.0260. The molecule has 1 aromatic carbocycles. The number of benzene rings is 1. The quantitative estimate of drug-likeness (QED) is 0.628. The second-order valence-corrected chi connectivity index (χ2v) is 4.89. The molecule has 0 saturated heterocycles. The molecule has 0 radical (unpaired) electrons. The summed E-state index contributed by atoms with van der Waals surface area (Å²) >= 11 is 0. The molecule has 24 heavy (non-hydrogen) atoms. The Labute approximate surface area is 137 Å². The van der Waals surface area contributed by atoms with Gasteiger partial charge in [0.05, 0.1) is 19.8 Å². The normalized spacial score (nSPS) is 15.4. The number of esters is 1. The highest BCUT2D eigenvalue weighted by atomic mass is 16.6. The van der Waals surface area contributed by atoms with Gasteiger partial charge in [-0.1, -0.05) is 0 Å². The number of carbonyl (C=O) groups is 2. The van der Waals surface area contributed by atoms with Gasteiger partial charge in [-0.15, -0.1) is 0 Å². The van der Waals surface area contributed by atoms with Crippen molar-refractivity contribution in [3.05, 3.63) is 53.3 Å². The van der Waals surface area contributed by atoms with E-state index in [-0.39, 0.29) is 5.56 Å². The zero-order chi connectivity index (χ0) is 17.1. The molecule has 0 saturated carbocycles. The third-order valence-corrected chi connectivity index (χ3v) is 3.53. The maximum atomic E-state index is 12.1. The molecule has 0 spiro atoms. The maximum Gasteiger partial charge on any atom is 0.344 e. The minimum absolute atomic E-state index is 0.268. The van der Waals surface area contributed by atoms with Crippen LogP contribution in [0, 0.1) is 0 Å². The molecular weight excluding hydrogens is 314 g/mol. The number of pyridine rings is 1. The first kappa shape index (κ1) is 15.8. The number of nitrogens with one attached hydrogen (secondary N) is 2. The van der Waals surface area contributed by atoms with Crippen LogP contribution >= 0.6 is 0 Å². The number of methoxy groups -OCH3 is 2. The van der Waals surface area contributed by atoms with Crippen molar-refractivity contribution in [1.29, 1.82) is 0 Å². The number of hydrogen-bond donors (Lipinski definition) is 2. The summed E-state index contributed by atoms with van der Waals surface area (Å²) in [5, 5.41) is 0. The molecule has 0 unspecified atom stereocenters. The second-order valence-electron chi connectivity index (χ2n) is 4.89. The number of fused-ring (bicyclic) bond motifs is 1. The van der Waals surface area contributed by atoms with Crippen LogP contribution < -0.4 is 20.3 Å². The van der Waals surface area contributed by atoms with E-state index in [1.807, 2.05) is 0 Å². The molecule has 3 rings (SSSR count). The van der Waals surface area contributed by atoms with Crippen molar-refractivity contribution in [2.45, 2.75) is 6.23 Å². The Morgan fingerprint density at radius 3 is 2.75 bits per heavy atom. The van der Waals surface area contributed by atoms with E-state index in [9.17, 15) is 9.59 Å². The Morgan fingerprint density at radius 2 is 2.08 bits per heavy atom. The number of hydrazine groups is 1. The predicted octanol–water partition coefficient (Wildman–Crippen LogP) is 1.20. The molecule has 1 atom stereocenters. The van der Waals surface area contributed by atoms with Gasteiger partial charge in [0.25, 0.3) is 5.91 Å². The molecule has 2 aromatic rings. The molecule has 124 valence electrons. The molecule has 8 heteroatoms. The highest BCUT2D eigenvalue weighted by Crippen LogP contribution is 2.40. The van der Waals surface area contributed by atoms with Gasteiger partial charge in [-0.3, -0.25) is 15.2 Å². The van der Waals surface area contributed by atoms with Crippen LogP contribution in [0.25, 0.3) is 0 Å². The van der Waals surface area contributed by atoms with Crippen LogP contribution in [-0.2, 0) is 4.74 Å². The van der Waals surface area contributed by atoms with Crippen molar-refractivity contribution in [3.8, 4) is 11.5 Å². The van der Waals surface area contributed by atoms with Crippen LogP contribution in [0.1, 0.15) is 32.5 Å². The second kappa shape index (κ2) is 6.55. The van der Waals surface area contributed by atoms with E-state index < -0.39 is 18.1 Å². The molecule has 0 fully saturated rings. The largest absolute Gasteiger partial charge is 0.493 e. The zero-order valence-corrected chi connectivity index (χ0v) is 13.0. The van der Waals surface area contributed by atoms with Crippen molar-refractivity contribution >= 4 is 11.9 Å². The number of carbonyl (C=O) groups excluding carboxylic acids is 2. The van der Waals surface area contributed by atoms with E-state index >= 15 is 0 Å². The molecule has 1 amide bonds. The van der Waals surface area contributed by atoms with Crippen LogP contribution in [0.15, 0.2) is 36.7 Å². The van der Waals surface area contributed by atoms with Crippen molar-refractivity contribution in [2.24, 2.45) is 0 Å². The van der Waals surface area contributed by atoms with Gasteiger partial charge >= 0.3 is 5.97 Å². The molecule has 0 aliphatic carbocycles. The monoisotopic (exact) mass is 329 g/mol. The summed E-state index contributed by atoms with van der Waals surface area (Å²) in [4.78, 5) is 28.0. The lowest BCUT2D eigenvalue weighted by atomic mass is 10.1. The minimum atomic E-state index is -0.826. The van der Waals surface area contributed by atoms with Crippen molar-refractivity contribution in [3.63, 3.8) is 0 Å². The maximum absolute atomic E-state index is 12.1. The summed E-state index contributed by atoms with van der Waals surface area (Å²) in [6, 6.07) is 6.61. The van der Waals surface area contributed by atoms with Gasteiger partial charge in [-0.05, 0) is 24.3 Å². The number of ether oxygens (including phenoxy) is 3. The summed E-state index contributed by atoms with van der Waals surface area (Å²) in [5.41, 5.74) is 6.37. The minimum Gasteiger partial charge on any atom is -0.493 e. The average molecular weight is 329 g/mol. The molecule has 1 aliphatic heterocycles. The first-order valence-corrected chi connectivity index (χ1v) is 7.07. The van der Waals surface area contributed by atoms with Crippen molar-refractivity contribution < 1.29 is 23.8 Å². The highest BCUT2D eigenvalue weighted by Gasteiger charge is 2.36. The van der Waals surface area contributed by atoms with Crippen LogP contribution in [-0.4, -0.2) is 31.1 Å². The van der Waals surface area contributed by atoms with E-state index in [4.69, 9.17) is 14.2 Å². The molecular formula is C16H15N3O5. The van der Waals surface area contributed by atoms with Crippen LogP contribution in [0.2, 0.25) is 0 Å². The van der Waals surface area contributed by atoms with Crippen LogP contribution in [0.5, 0.6) is 11.5 Å². The average Bonchev–Trinajstić information content (AvgIpc) is 2.95. The predicted molar refractivity (Wildman–Crippen MR) is 82.5 cm³/mol. The van der Waals surface area contributed by atoms with Gasteiger partial charge in [0.15, 0.2) is 17.7 Å². The van der Waals surface area contributed by atoms with Crippen LogP contribution in [0.4, 0.5) is 0 Å². The molecule has 1 aromatic heterocycles. The SMILES string of the molecule is COc1ccc2c(c1OC)C(=O)O[C@H]2NNC(=O)c1cccnc1. The first-order valence-electron chi connectivity index (χ1n) is 7.07. The van der Waals surface area contributed by atoms with Crippen LogP contribution in [0.3, 0.4) is 0 Å². The molecule has 2 heterocycles. The molecule has 8 nitrogen and oxygen atoms in total. The van der Waals surface area contributed by atoms with Gasteiger partial charge < -0.3 is 14.2 Å². The van der Waals surface area contributed by atoms with E-state index in [2.05, 4.69) is 15.8 Å². The Morgan fingerprint density at radius 1 is 1.25 bits per heavy atom. The third-order valence-electron chi connectivity index (χ3n) is 3.53. The van der Waals surface area contributed by atoms with Gasteiger partial charge in [-0.2, -0.15) is 5.43 Å². The van der Waals surface area contributed by atoms with Gasteiger partial charge in [-0.25, -0.2) is 4.79 Å². The molecule has 1 aliphatic rings. The Hall–Kier alpha value is -3.13. The Bertz CT molecular complexity index is 779. The number of nitrogens with zero attached hydrogens (tertiary/aromatic N) is 1. The smallest absolute Gasteiger partial charge is 0.344 e. The van der Waals surface area contributed by atoms with E-state index in [0.29, 0.717) is 22.6 Å². The summed E-state index contributed by atoms with van der Waals surface area (Å²) in [7, 11) is 2.92. The number of rotatable bonds is 5. The fraction of sp³-hybridized carbons (Fsp3) is 0.188. The standard InChI is InChI=1S/C16H15N3O5/c1-22-11-6-5-10-12(13(11)23-2)16(21)24-15(10)19-18-14(20)9-4-3-7-17-8-9/h3-8,15,19H,1-2H3,(H,18,20)/t15-/m1/s1. The topological polar surface area (TPSA) is 98.8 Å². The summed E-state index contributed by atoms with van der Waals surface area (Å²) in [6.07, 6.45) is 2.17. The third kappa shape index (κ3) is 2.74. The van der Waals surface area contributed by atoms with Gasteiger partial charge in [0, 0.05) is 18.0 Å². The zero-order valence-electron chi connectivity index (χ0n) is 13.0. The number of hydrogen-bond acceptors (Lipinski definition) is 7. The summed E-state index contributed by atoms with van der Waals surface area (Å²) in [6.45, 7) is 0. The van der Waals surface area contributed by atoms with Gasteiger partial charge in [0.1, 0.15) is 5.56 Å². The van der Waals surface area contributed by atoms with E-state index in [0.717, 1.165) is 0 Å². The lowest BCUT2D eigenvalue weighted by Gasteiger charge is -2.14. The fourth-order valence-electron chi connectivity index (χ4n) is 2.41. The number of aromatic nitrogens is 1. The highest BCUT2D eigenvalue weighted by molar-refractivity contribution is 5.98. The summed E-state index contributed by atoms with van der Waals surface area (Å²) in [5.74, 6) is -0.238. The molecule has 2 N–H and O–H groups in total. The van der Waals surface area contributed by atoms with Crippen molar-refractivity contribution in [2.75, 3.05) is 14.2 Å². The van der Waals surface area contributed by atoms with E-state index in [1.165, 1.54) is 20.4 Å². The number of cyclic esters (lactones) is 1. The van der Waals surface area contributed by atoms with Gasteiger partial charge in [0.2, 0.25) is 0 Å². The Balaban J connectivity index is 1.79. The molecule has 0 bridgehead atoms. The van der Waals surface area contributed by atoms with E-state index in [1.54, 1.807) is 30.5 Å². The first-order chi connectivity index (χ1) is 11.7. The fourth-order valence-corrected chi connectivity index (χ4v) is 2.41. The summed E-state index contributed by atoms with van der Waals surface area (Å²) < 4.78 is 15.7. The number of amides is 1. The Kier molecular flexibility index (Phi) is 4.30. The van der Waals surface area contributed by atoms with Crippen molar-refractivity contribution in [1.82, 2.24) is 15.8 Å².